The van der Waals surface area contributed by atoms with Gasteiger partial charge in [0.1, 0.15) is 5.82 Å². The molecule has 108 valence electrons. The second-order valence-corrected chi connectivity index (χ2v) is 5.18. The minimum atomic E-state index is -0.971. The molecule has 0 spiro atoms. The summed E-state index contributed by atoms with van der Waals surface area (Å²) in [6.07, 6.45) is 0.475. The van der Waals surface area contributed by atoms with Crippen molar-refractivity contribution in [3.8, 4) is 0 Å². The second-order valence-electron chi connectivity index (χ2n) is 4.77. The number of carbonyl (C=O) groups is 2. The molecule has 6 heteroatoms. The van der Waals surface area contributed by atoms with E-state index in [-0.39, 0.29) is 23.8 Å². The lowest BCUT2D eigenvalue weighted by atomic mass is 9.84. The minimum Gasteiger partial charge on any atom is -0.481 e. The number of piperidine rings is 1. The molecule has 0 radical (unpaired) electrons. The van der Waals surface area contributed by atoms with E-state index in [4.69, 9.17) is 11.6 Å². The molecule has 2 rings (SSSR count). The molecule has 1 aromatic carbocycles. The maximum absolute atomic E-state index is 13.1. The minimum absolute atomic E-state index is 0.101. The first-order valence-corrected chi connectivity index (χ1v) is 6.80. The zero-order valence-electron chi connectivity index (χ0n) is 11.0. The number of aliphatic carboxylic acids is 1. The Kier molecular flexibility index (Phi) is 4.28. The van der Waals surface area contributed by atoms with E-state index in [9.17, 15) is 19.1 Å². The molecule has 1 saturated heterocycles. The van der Waals surface area contributed by atoms with Crippen LogP contribution in [0.15, 0.2) is 18.2 Å². The Morgan fingerprint density at radius 1 is 1.55 bits per heavy atom. The van der Waals surface area contributed by atoms with Crippen LogP contribution in [-0.2, 0) is 9.59 Å². The maximum Gasteiger partial charge on any atom is 0.308 e. The van der Waals surface area contributed by atoms with Gasteiger partial charge < -0.3 is 10.0 Å². The molecule has 0 saturated carbocycles. The summed E-state index contributed by atoms with van der Waals surface area (Å²) in [7, 11) is 0. The number of carboxylic acids is 1. The molecule has 1 heterocycles. The molecule has 1 amide bonds. The first kappa shape index (κ1) is 14.8. The van der Waals surface area contributed by atoms with Gasteiger partial charge in [0, 0.05) is 18.0 Å². The van der Waals surface area contributed by atoms with Crippen LogP contribution in [0.25, 0.3) is 0 Å². The SMILES string of the molecule is CCN1C(=O)CCC(C(=O)O)C1c1ccc(F)cc1Cl. The molecule has 1 fully saturated rings. The topological polar surface area (TPSA) is 57.6 Å². The number of likely N-dealkylation sites (tertiary alicyclic amines) is 1. The van der Waals surface area contributed by atoms with Gasteiger partial charge >= 0.3 is 5.97 Å². The average molecular weight is 300 g/mol. The van der Waals surface area contributed by atoms with Gasteiger partial charge in [-0.2, -0.15) is 0 Å². The summed E-state index contributed by atoms with van der Waals surface area (Å²) in [5.41, 5.74) is 0.482. The summed E-state index contributed by atoms with van der Waals surface area (Å²) in [4.78, 5) is 24.9. The smallest absolute Gasteiger partial charge is 0.308 e. The summed E-state index contributed by atoms with van der Waals surface area (Å²) < 4.78 is 13.1. The molecule has 2 atom stereocenters. The van der Waals surface area contributed by atoms with Gasteiger partial charge in [-0.1, -0.05) is 17.7 Å². The van der Waals surface area contributed by atoms with Crippen molar-refractivity contribution in [3.63, 3.8) is 0 Å². The van der Waals surface area contributed by atoms with Gasteiger partial charge in [-0.25, -0.2) is 4.39 Å². The van der Waals surface area contributed by atoms with E-state index in [2.05, 4.69) is 0 Å². The maximum atomic E-state index is 13.1. The largest absolute Gasteiger partial charge is 0.481 e. The molecule has 0 aliphatic carbocycles. The van der Waals surface area contributed by atoms with Gasteiger partial charge in [0.15, 0.2) is 0 Å². The zero-order chi connectivity index (χ0) is 14.9. The number of hydrogen-bond donors (Lipinski definition) is 1. The van der Waals surface area contributed by atoms with Crippen molar-refractivity contribution in [2.75, 3.05) is 6.54 Å². The van der Waals surface area contributed by atoms with Crippen LogP contribution in [0.1, 0.15) is 31.4 Å². The summed E-state index contributed by atoms with van der Waals surface area (Å²) >= 11 is 6.03. The molecule has 1 aliphatic heterocycles. The molecule has 1 aromatic rings. The lowest BCUT2D eigenvalue weighted by Crippen LogP contribution is -2.45. The monoisotopic (exact) mass is 299 g/mol. The predicted molar refractivity (Wildman–Crippen MR) is 71.9 cm³/mol. The van der Waals surface area contributed by atoms with Crippen LogP contribution in [0.4, 0.5) is 4.39 Å². The summed E-state index contributed by atoms with van der Waals surface area (Å²) in [6.45, 7) is 2.17. The van der Waals surface area contributed by atoms with Crippen molar-refractivity contribution in [2.45, 2.75) is 25.8 Å². The van der Waals surface area contributed by atoms with Crippen molar-refractivity contribution in [1.29, 1.82) is 0 Å². The molecule has 1 aliphatic rings. The van der Waals surface area contributed by atoms with Crippen LogP contribution < -0.4 is 0 Å². The molecule has 4 nitrogen and oxygen atoms in total. The standard InChI is InChI=1S/C14H15ClFNO3/c1-2-17-12(18)6-5-10(14(19)20)13(17)9-4-3-8(16)7-11(9)15/h3-4,7,10,13H,2,5-6H2,1H3,(H,19,20). The van der Waals surface area contributed by atoms with Gasteiger partial charge in [0.25, 0.3) is 0 Å². The van der Waals surface area contributed by atoms with Gasteiger partial charge in [-0.3, -0.25) is 9.59 Å². The Labute approximate surface area is 121 Å². The van der Waals surface area contributed by atoms with Crippen LogP contribution >= 0.6 is 11.6 Å². The first-order valence-electron chi connectivity index (χ1n) is 6.43. The zero-order valence-corrected chi connectivity index (χ0v) is 11.7. The van der Waals surface area contributed by atoms with Crippen molar-refractivity contribution in [2.24, 2.45) is 5.92 Å². The van der Waals surface area contributed by atoms with E-state index in [1.807, 2.05) is 0 Å². The number of carbonyl (C=O) groups excluding carboxylic acids is 1. The fourth-order valence-electron chi connectivity index (χ4n) is 2.71. The Hall–Kier alpha value is -1.62. The fourth-order valence-corrected chi connectivity index (χ4v) is 2.99. The van der Waals surface area contributed by atoms with Gasteiger partial charge in [0.05, 0.1) is 12.0 Å². The Morgan fingerprint density at radius 2 is 2.25 bits per heavy atom. The molecule has 0 aromatic heterocycles. The van der Waals surface area contributed by atoms with E-state index in [1.54, 1.807) is 6.92 Å². The van der Waals surface area contributed by atoms with E-state index < -0.39 is 23.7 Å². The third-order valence-corrected chi connectivity index (χ3v) is 3.97. The third-order valence-electron chi connectivity index (χ3n) is 3.65. The van der Waals surface area contributed by atoms with Crippen LogP contribution in [0.5, 0.6) is 0 Å². The van der Waals surface area contributed by atoms with E-state index >= 15 is 0 Å². The van der Waals surface area contributed by atoms with E-state index in [0.29, 0.717) is 12.1 Å². The number of nitrogens with zero attached hydrogens (tertiary/aromatic N) is 1. The van der Waals surface area contributed by atoms with Gasteiger partial charge in [0.2, 0.25) is 5.91 Å². The van der Waals surface area contributed by atoms with Crippen molar-refractivity contribution in [1.82, 2.24) is 4.90 Å². The Morgan fingerprint density at radius 3 is 2.80 bits per heavy atom. The lowest BCUT2D eigenvalue weighted by molar-refractivity contribution is -0.151. The summed E-state index contributed by atoms with van der Waals surface area (Å²) in [6, 6.07) is 3.18. The molecular weight excluding hydrogens is 285 g/mol. The number of benzene rings is 1. The molecule has 1 N–H and O–H groups in total. The van der Waals surface area contributed by atoms with Gasteiger partial charge in [-0.15, -0.1) is 0 Å². The molecule has 2 unspecified atom stereocenters. The van der Waals surface area contributed by atoms with Crippen LogP contribution in [-0.4, -0.2) is 28.4 Å². The molecular formula is C14H15ClFNO3. The number of halogens is 2. The van der Waals surface area contributed by atoms with Crippen LogP contribution in [0, 0.1) is 11.7 Å². The number of hydrogen-bond acceptors (Lipinski definition) is 2. The number of carboxylic acid groups (broad SMARTS) is 1. The molecule has 20 heavy (non-hydrogen) atoms. The average Bonchev–Trinajstić information content (AvgIpc) is 2.38. The van der Waals surface area contributed by atoms with E-state index in [1.165, 1.54) is 17.0 Å². The van der Waals surface area contributed by atoms with Crippen molar-refractivity contribution in [3.05, 3.63) is 34.6 Å². The fraction of sp³-hybridized carbons (Fsp3) is 0.429. The Balaban J connectivity index is 2.49. The first-order chi connectivity index (χ1) is 9.45. The van der Waals surface area contributed by atoms with Crippen molar-refractivity contribution < 1.29 is 19.1 Å². The highest BCUT2D eigenvalue weighted by atomic mass is 35.5. The normalized spacial score (nSPS) is 22.9. The van der Waals surface area contributed by atoms with E-state index in [0.717, 1.165) is 6.07 Å². The van der Waals surface area contributed by atoms with Gasteiger partial charge in [-0.05, 0) is 31.0 Å². The highest BCUT2D eigenvalue weighted by molar-refractivity contribution is 6.31. The Bertz CT molecular complexity index is 547. The van der Waals surface area contributed by atoms with Crippen LogP contribution in [0.2, 0.25) is 5.02 Å². The highest BCUT2D eigenvalue weighted by Gasteiger charge is 2.40. The third kappa shape index (κ3) is 2.63. The van der Waals surface area contributed by atoms with Crippen molar-refractivity contribution >= 4 is 23.5 Å². The second kappa shape index (κ2) is 5.79. The summed E-state index contributed by atoms with van der Waals surface area (Å²) in [5.74, 6) is -2.29. The highest BCUT2D eigenvalue weighted by Crippen LogP contribution is 2.39. The number of amides is 1. The lowest BCUT2D eigenvalue weighted by Gasteiger charge is -2.39. The summed E-state index contributed by atoms with van der Waals surface area (Å²) in [5, 5.41) is 9.51. The quantitative estimate of drug-likeness (QED) is 0.933. The number of rotatable bonds is 3. The predicted octanol–water partition coefficient (Wildman–Crippen LogP) is 2.86. The molecule has 0 bridgehead atoms. The van der Waals surface area contributed by atoms with Crippen LogP contribution in [0.3, 0.4) is 0 Å².